The molecule has 0 saturated carbocycles. The molecule has 2 aliphatic heterocycles. The minimum absolute atomic E-state index is 0.0450. The first kappa shape index (κ1) is 41.4. The van der Waals surface area contributed by atoms with E-state index in [0.29, 0.717) is 18.5 Å². The van der Waals surface area contributed by atoms with Crippen LogP contribution in [0.25, 0.3) is 27.1 Å². The number of ketones is 1. The molecule has 308 valence electrons. The van der Waals surface area contributed by atoms with Crippen molar-refractivity contribution in [3.8, 4) is 0 Å². The highest BCUT2D eigenvalue weighted by atomic mass is 32.2. The summed E-state index contributed by atoms with van der Waals surface area (Å²) in [6.45, 7) is 14.5. The van der Waals surface area contributed by atoms with Gasteiger partial charge in [-0.3, -0.25) is 9.35 Å². The number of Topliss-reactive ketones (excluding diaryl/α,β-unsaturated/α-hetero) is 1. The van der Waals surface area contributed by atoms with E-state index in [0.717, 1.165) is 61.0 Å². The fourth-order valence-electron chi connectivity index (χ4n) is 10.1. The third-order valence-electron chi connectivity index (χ3n) is 13.0. The third kappa shape index (κ3) is 7.63. The number of hydrogen-bond donors (Lipinski definition) is 1. The molecule has 0 amide bonds. The van der Waals surface area contributed by atoms with E-state index in [4.69, 9.17) is 0 Å². The van der Waals surface area contributed by atoms with Crippen molar-refractivity contribution in [1.29, 1.82) is 0 Å². The Morgan fingerprint density at radius 3 is 2.12 bits per heavy atom. The Kier molecular flexibility index (Phi) is 11.2. The van der Waals surface area contributed by atoms with Crippen LogP contribution in [0, 0.1) is 0 Å². The number of rotatable bonds is 12. The third-order valence-corrected chi connectivity index (χ3v) is 13.8. The van der Waals surface area contributed by atoms with Crippen LogP contribution in [0.15, 0.2) is 138 Å². The number of fused-ring (bicyclic) bond motifs is 6. The zero-order valence-electron chi connectivity index (χ0n) is 35.9. The van der Waals surface area contributed by atoms with Crippen molar-refractivity contribution in [2.75, 3.05) is 23.7 Å². The summed E-state index contributed by atoms with van der Waals surface area (Å²) in [5.74, 6) is -0.254. The highest BCUT2D eigenvalue weighted by Gasteiger charge is 2.45. The fourth-order valence-corrected chi connectivity index (χ4v) is 10.6. The van der Waals surface area contributed by atoms with Crippen LogP contribution in [0.2, 0.25) is 0 Å². The molecule has 0 bridgehead atoms. The van der Waals surface area contributed by atoms with Gasteiger partial charge in [-0.05, 0) is 114 Å². The topological polar surface area (TPSA) is 77.7 Å². The molecule has 0 radical (unpaired) electrons. The van der Waals surface area contributed by atoms with Crippen molar-refractivity contribution in [3.63, 3.8) is 0 Å². The zero-order chi connectivity index (χ0) is 42.4. The van der Waals surface area contributed by atoms with Crippen molar-refractivity contribution in [2.24, 2.45) is 0 Å². The second kappa shape index (κ2) is 16.2. The molecule has 0 atom stereocenters. The van der Waals surface area contributed by atoms with E-state index in [1.165, 1.54) is 55.4 Å². The van der Waals surface area contributed by atoms with Gasteiger partial charge >= 0.3 is 0 Å². The van der Waals surface area contributed by atoms with Gasteiger partial charge < -0.3 is 4.90 Å². The standard InChI is InChI=1S/C53H56N2O4S/c1-7-8-33-54-45-29-25-38-15-9-11-19-43(38)50(45)52(3,4)47(54)31-27-40-17-13-18-41(49(40)42-23-21-37(22-24-42)36(2)56)28-32-48-53(5,6)51-44-20-12-10-16-39(44)26-30-46(51)55(48)34-14-35-60(57,58)59/h9-12,15-16,19-32H,7-8,13-14,17-18,33-35H2,1-6H3/p+1. The predicted octanol–water partition coefficient (Wildman–Crippen LogP) is 12.5. The number of anilines is 1. The Morgan fingerprint density at radius 2 is 1.45 bits per heavy atom. The number of carbonyl (C=O) groups excluding carboxylic acids is 1. The summed E-state index contributed by atoms with van der Waals surface area (Å²) in [6.07, 6.45) is 14.6. The molecular formula is C53H57N2O4S+. The van der Waals surface area contributed by atoms with Gasteiger partial charge in [0.1, 0.15) is 6.54 Å². The molecule has 1 N–H and O–H groups in total. The molecule has 5 aromatic carbocycles. The normalized spacial score (nSPS) is 18.8. The van der Waals surface area contributed by atoms with Crippen LogP contribution < -0.4 is 4.90 Å². The lowest BCUT2D eigenvalue weighted by Gasteiger charge is -2.28. The summed E-state index contributed by atoms with van der Waals surface area (Å²) < 4.78 is 35.9. The quantitative estimate of drug-likeness (QED) is 0.0771. The lowest BCUT2D eigenvalue weighted by atomic mass is 9.78. The Hall–Kier alpha value is -5.37. The van der Waals surface area contributed by atoms with Crippen LogP contribution >= 0.6 is 0 Å². The lowest BCUT2D eigenvalue weighted by Crippen LogP contribution is -2.28. The second-order valence-electron chi connectivity index (χ2n) is 17.8. The summed E-state index contributed by atoms with van der Waals surface area (Å²) >= 11 is 0. The van der Waals surface area contributed by atoms with Gasteiger partial charge in [0.2, 0.25) is 5.69 Å². The van der Waals surface area contributed by atoms with Gasteiger partial charge in [-0.1, -0.05) is 118 Å². The van der Waals surface area contributed by atoms with E-state index in [1.807, 2.05) is 12.1 Å². The molecule has 0 unspecified atom stereocenters. The smallest absolute Gasteiger partial charge is 0.264 e. The Balaban J connectivity index is 1.27. The van der Waals surface area contributed by atoms with Crippen molar-refractivity contribution < 1.29 is 22.3 Å². The number of carbonyl (C=O) groups is 1. The summed E-state index contributed by atoms with van der Waals surface area (Å²) in [6, 6.07) is 34.1. The van der Waals surface area contributed by atoms with Gasteiger partial charge in [-0.15, -0.1) is 0 Å². The van der Waals surface area contributed by atoms with Crippen LogP contribution in [-0.4, -0.2) is 47.9 Å². The van der Waals surface area contributed by atoms with Crippen molar-refractivity contribution in [2.45, 2.75) is 90.9 Å². The number of benzene rings is 5. The first-order valence-corrected chi connectivity index (χ1v) is 23.2. The first-order valence-electron chi connectivity index (χ1n) is 21.6. The lowest BCUT2D eigenvalue weighted by molar-refractivity contribution is -0.438. The minimum atomic E-state index is -4.11. The number of unbranched alkanes of at least 4 members (excludes halogenated alkanes) is 1. The molecule has 6 nitrogen and oxygen atoms in total. The molecular weight excluding hydrogens is 761 g/mol. The Bertz CT molecular complexity index is 2800. The molecule has 0 spiro atoms. The monoisotopic (exact) mass is 817 g/mol. The van der Waals surface area contributed by atoms with Crippen LogP contribution in [0.4, 0.5) is 11.4 Å². The van der Waals surface area contributed by atoms with Crippen LogP contribution in [0.3, 0.4) is 0 Å². The molecule has 5 aromatic rings. The molecule has 0 aromatic heterocycles. The van der Waals surface area contributed by atoms with Crippen LogP contribution in [0.1, 0.15) is 107 Å². The molecule has 7 heteroatoms. The number of allylic oxidation sites excluding steroid dienone is 8. The Labute approximate surface area is 356 Å². The average molecular weight is 818 g/mol. The van der Waals surface area contributed by atoms with Crippen LogP contribution in [-0.2, 0) is 20.9 Å². The first-order chi connectivity index (χ1) is 28.7. The summed E-state index contributed by atoms with van der Waals surface area (Å²) in [5.41, 5.74) is 12.2. The minimum Gasteiger partial charge on any atom is -0.344 e. The molecule has 1 aliphatic carbocycles. The summed E-state index contributed by atoms with van der Waals surface area (Å²) in [5, 5.41) is 4.92. The summed E-state index contributed by atoms with van der Waals surface area (Å²) in [4.78, 5) is 14.7. The van der Waals surface area contributed by atoms with Crippen molar-refractivity contribution in [1.82, 2.24) is 0 Å². The van der Waals surface area contributed by atoms with Gasteiger partial charge in [-0.25, -0.2) is 0 Å². The highest BCUT2D eigenvalue weighted by molar-refractivity contribution is 7.85. The second-order valence-corrected chi connectivity index (χ2v) is 19.3. The van der Waals surface area contributed by atoms with Crippen LogP contribution in [0.5, 0.6) is 0 Å². The maximum atomic E-state index is 12.4. The molecule has 0 fully saturated rings. The highest BCUT2D eigenvalue weighted by Crippen LogP contribution is 2.51. The van der Waals surface area contributed by atoms with Gasteiger partial charge in [0.25, 0.3) is 10.1 Å². The van der Waals surface area contributed by atoms with Gasteiger partial charge in [0.15, 0.2) is 11.5 Å². The predicted molar refractivity (Wildman–Crippen MR) is 250 cm³/mol. The van der Waals surface area contributed by atoms with Gasteiger partial charge in [0.05, 0.1) is 11.2 Å². The number of nitrogens with zero attached hydrogens (tertiary/aromatic N) is 2. The SMILES string of the molecule is CCCC[N+]1=C(/C=C/C2=C(c3ccc(C(C)=O)cc3)C(=C/C=C3/N(CCCS(=O)(=O)O)c4ccc5ccccc5c4C3(C)C)/CCC2)C(C)(C)c2c1ccc1ccccc21. The van der Waals surface area contributed by atoms with E-state index >= 15 is 0 Å². The van der Waals surface area contributed by atoms with E-state index < -0.39 is 10.1 Å². The average Bonchev–Trinajstić information content (AvgIpc) is 3.58. The zero-order valence-corrected chi connectivity index (χ0v) is 36.7. The molecule has 60 heavy (non-hydrogen) atoms. The fraction of sp³-hybridized carbons (Fsp3) is 0.321. The molecule has 0 saturated heterocycles. The number of hydrogen-bond acceptors (Lipinski definition) is 4. The molecule has 3 aliphatic rings. The van der Waals surface area contributed by atoms with Gasteiger partial charge in [-0.2, -0.15) is 13.0 Å². The van der Waals surface area contributed by atoms with Crippen molar-refractivity contribution in [3.05, 3.63) is 160 Å². The van der Waals surface area contributed by atoms with E-state index in [1.54, 1.807) is 6.92 Å². The Morgan fingerprint density at radius 1 is 0.783 bits per heavy atom. The van der Waals surface area contributed by atoms with Crippen molar-refractivity contribution >= 4 is 60.1 Å². The van der Waals surface area contributed by atoms with E-state index in [2.05, 4.69) is 153 Å². The molecule has 2 heterocycles. The van der Waals surface area contributed by atoms with E-state index in [9.17, 15) is 17.8 Å². The maximum absolute atomic E-state index is 12.4. The summed E-state index contributed by atoms with van der Waals surface area (Å²) in [7, 11) is -4.11. The largest absolute Gasteiger partial charge is 0.344 e. The maximum Gasteiger partial charge on any atom is 0.264 e. The molecule has 8 rings (SSSR count). The van der Waals surface area contributed by atoms with Gasteiger partial charge in [0, 0.05) is 53.0 Å². The van der Waals surface area contributed by atoms with E-state index in [-0.39, 0.29) is 22.4 Å².